The van der Waals surface area contributed by atoms with Crippen molar-refractivity contribution in [3.63, 3.8) is 0 Å². The van der Waals surface area contributed by atoms with Crippen LogP contribution in [0.15, 0.2) is 66.4 Å². The molecular weight excluding hydrogens is 423 g/mol. The van der Waals surface area contributed by atoms with Gasteiger partial charge in [0.05, 0.1) is 30.5 Å². The first kappa shape index (κ1) is 22.3. The fourth-order valence-electron chi connectivity index (χ4n) is 3.79. The monoisotopic (exact) mass is 450 g/mol. The lowest BCUT2D eigenvalue weighted by Gasteiger charge is -2.24. The summed E-state index contributed by atoms with van der Waals surface area (Å²) in [7, 11) is 1.55. The zero-order valence-corrected chi connectivity index (χ0v) is 18.9. The van der Waals surface area contributed by atoms with Crippen LogP contribution in [0.3, 0.4) is 0 Å². The van der Waals surface area contributed by atoms with Gasteiger partial charge in [0.15, 0.2) is 5.72 Å². The summed E-state index contributed by atoms with van der Waals surface area (Å²) in [5.41, 5.74) is 9.21. The summed E-state index contributed by atoms with van der Waals surface area (Å²) in [6.07, 6.45) is 5.35. The lowest BCUT2D eigenvalue weighted by molar-refractivity contribution is 0.0263. The number of allylic oxidation sites excluding steroid dienone is 2. The van der Waals surface area contributed by atoms with Gasteiger partial charge in [0, 0.05) is 6.20 Å². The lowest BCUT2D eigenvalue weighted by atomic mass is 9.99. The van der Waals surface area contributed by atoms with Gasteiger partial charge in [-0.2, -0.15) is 0 Å². The van der Waals surface area contributed by atoms with Crippen LogP contribution in [0.5, 0.6) is 5.88 Å². The van der Waals surface area contributed by atoms with Crippen molar-refractivity contribution in [2.24, 2.45) is 5.73 Å². The second kappa shape index (κ2) is 8.59. The van der Waals surface area contributed by atoms with Crippen LogP contribution in [0.25, 0.3) is 11.4 Å². The molecule has 0 bridgehead atoms. The van der Waals surface area contributed by atoms with Crippen LogP contribution in [0, 0.1) is 12.7 Å². The van der Waals surface area contributed by atoms with E-state index in [0.717, 1.165) is 22.5 Å². The summed E-state index contributed by atoms with van der Waals surface area (Å²) in [5.74, 6) is 0.710. The van der Waals surface area contributed by atoms with Crippen molar-refractivity contribution < 1.29 is 14.2 Å². The molecule has 8 nitrogen and oxygen atoms in total. The molecular formula is C24H27FN6O2. The van der Waals surface area contributed by atoms with Crippen LogP contribution in [0.2, 0.25) is 0 Å². The van der Waals surface area contributed by atoms with Gasteiger partial charge in [-0.25, -0.2) is 14.4 Å². The number of methoxy groups -OCH3 is 1. The number of nitrogens with two attached hydrogens (primary N) is 1. The summed E-state index contributed by atoms with van der Waals surface area (Å²) in [6.45, 7) is 5.43. The minimum absolute atomic E-state index is 0.330. The van der Waals surface area contributed by atoms with E-state index >= 15 is 0 Å². The molecule has 2 unspecified atom stereocenters. The summed E-state index contributed by atoms with van der Waals surface area (Å²) in [4.78, 5) is 8.78. The molecule has 1 aliphatic rings. The van der Waals surface area contributed by atoms with E-state index in [9.17, 15) is 9.50 Å². The molecule has 0 aliphatic carbocycles. The standard InChI is InChI=1S/C24H27FN6O2/c1-14(22-29-21(24(3,32)30-22)16-5-7-17(25)8-6-16)11-18(26)19-9-10-20(23(28-19)33-4)31-12-15(2)27-13-31/h5-13,21,29-30,32H,26H2,1-4H3/b18-11-,22-14-. The molecule has 3 aromatic rings. The normalized spacial score (nSPS) is 22.0. The molecule has 2 aromatic heterocycles. The van der Waals surface area contributed by atoms with E-state index in [-0.39, 0.29) is 5.82 Å². The summed E-state index contributed by atoms with van der Waals surface area (Å²) < 4.78 is 20.6. The zero-order valence-electron chi connectivity index (χ0n) is 18.9. The molecule has 2 atom stereocenters. The minimum Gasteiger partial charge on any atom is -0.479 e. The highest BCUT2D eigenvalue weighted by atomic mass is 19.1. The fraction of sp³-hybridized carbons (Fsp3) is 0.250. The Morgan fingerprint density at radius 2 is 2.00 bits per heavy atom. The maximum atomic E-state index is 13.3. The fourth-order valence-corrected chi connectivity index (χ4v) is 3.79. The smallest absolute Gasteiger partial charge is 0.238 e. The average molecular weight is 451 g/mol. The van der Waals surface area contributed by atoms with Crippen molar-refractivity contribution in [2.75, 3.05) is 7.11 Å². The number of aromatic nitrogens is 3. The third-order valence-corrected chi connectivity index (χ3v) is 5.52. The number of ether oxygens (including phenoxy) is 1. The number of halogens is 1. The number of hydrogen-bond donors (Lipinski definition) is 4. The van der Waals surface area contributed by atoms with Crippen molar-refractivity contribution in [1.29, 1.82) is 0 Å². The molecule has 0 amide bonds. The van der Waals surface area contributed by atoms with E-state index in [0.29, 0.717) is 23.1 Å². The predicted octanol–water partition coefficient (Wildman–Crippen LogP) is 2.90. The van der Waals surface area contributed by atoms with Gasteiger partial charge in [-0.15, -0.1) is 0 Å². The number of hydrogen-bond acceptors (Lipinski definition) is 7. The van der Waals surface area contributed by atoms with E-state index in [4.69, 9.17) is 10.5 Å². The quantitative estimate of drug-likeness (QED) is 0.473. The Bertz CT molecular complexity index is 1230. The molecule has 0 spiro atoms. The van der Waals surface area contributed by atoms with Crippen LogP contribution in [-0.4, -0.2) is 32.5 Å². The predicted molar refractivity (Wildman–Crippen MR) is 124 cm³/mol. The molecule has 9 heteroatoms. The molecule has 1 fully saturated rings. The molecule has 1 aromatic carbocycles. The lowest BCUT2D eigenvalue weighted by Crippen LogP contribution is -2.40. The van der Waals surface area contributed by atoms with E-state index < -0.39 is 11.8 Å². The van der Waals surface area contributed by atoms with E-state index in [2.05, 4.69) is 20.6 Å². The maximum Gasteiger partial charge on any atom is 0.238 e. The van der Waals surface area contributed by atoms with Crippen molar-refractivity contribution >= 4 is 5.70 Å². The number of benzene rings is 1. The molecule has 1 saturated heterocycles. The number of aryl methyl sites for hydroxylation is 1. The van der Waals surface area contributed by atoms with Gasteiger partial charge in [0.1, 0.15) is 23.4 Å². The Hall–Kier alpha value is -3.85. The van der Waals surface area contributed by atoms with Crippen LogP contribution >= 0.6 is 0 Å². The summed E-state index contributed by atoms with van der Waals surface area (Å²) in [5, 5.41) is 17.2. The molecule has 3 heterocycles. The number of nitrogens with zero attached hydrogens (tertiary/aromatic N) is 3. The van der Waals surface area contributed by atoms with Crippen LogP contribution < -0.4 is 21.1 Å². The molecule has 172 valence electrons. The largest absolute Gasteiger partial charge is 0.479 e. The summed E-state index contributed by atoms with van der Waals surface area (Å²) >= 11 is 0. The molecule has 4 rings (SSSR count). The van der Waals surface area contributed by atoms with Crippen molar-refractivity contribution in [3.8, 4) is 11.6 Å². The van der Waals surface area contributed by atoms with E-state index in [1.165, 1.54) is 12.1 Å². The van der Waals surface area contributed by atoms with Crippen LogP contribution in [0.4, 0.5) is 4.39 Å². The Balaban J connectivity index is 1.61. The van der Waals surface area contributed by atoms with Gasteiger partial charge in [-0.05, 0) is 62.2 Å². The first-order valence-electron chi connectivity index (χ1n) is 10.4. The summed E-state index contributed by atoms with van der Waals surface area (Å²) in [6, 6.07) is 9.24. The van der Waals surface area contributed by atoms with Gasteiger partial charge >= 0.3 is 0 Å². The van der Waals surface area contributed by atoms with E-state index in [1.807, 2.05) is 36.7 Å². The highest BCUT2D eigenvalue weighted by Gasteiger charge is 2.40. The van der Waals surface area contributed by atoms with Gasteiger partial charge in [-0.1, -0.05) is 12.1 Å². The Kier molecular flexibility index (Phi) is 5.82. The third kappa shape index (κ3) is 4.54. The molecule has 33 heavy (non-hydrogen) atoms. The first-order chi connectivity index (χ1) is 15.7. The van der Waals surface area contributed by atoms with Crippen LogP contribution in [0.1, 0.15) is 36.8 Å². The minimum atomic E-state index is -1.27. The maximum absolute atomic E-state index is 13.3. The molecule has 0 radical (unpaired) electrons. The van der Waals surface area contributed by atoms with Gasteiger partial charge in [0.2, 0.25) is 5.88 Å². The second-order valence-electron chi connectivity index (χ2n) is 8.21. The third-order valence-electron chi connectivity index (χ3n) is 5.52. The number of imidazole rings is 1. The highest BCUT2D eigenvalue weighted by Crippen LogP contribution is 2.32. The number of aliphatic hydroxyl groups is 1. The Morgan fingerprint density at radius 3 is 2.64 bits per heavy atom. The number of nitrogens with one attached hydrogen (secondary N) is 2. The zero-order chi connectivity index (χ0) is 23.8. The molecule has 0 saturated carbocycles. The van der Waals surface area contributed by atoms with E-state index in [1.54, 1.807) is 38.6 Å². The molecule has 5 N–H and O–H groups in total. The molecule has 1 aliphatic heterocycles. The highest BCUT2D eigenvalue weighted by molar-refractivity contribution is 5.64. The average Bonchev–Trinajstić information content (AvgIpc) is 3.36. The van der Waals surface area contributed by atoms with Crippen molar-refractivity contribution in [1.82, 2.24) is 25.2 Å². The first-order valence-corrected chi connectivity index (χ1v) is 10.4. The second-order valence-corrected chi connectivity index (χ2v) is 8.21. The van der Waals surface area contributed by atoms with Gasteiger partial charge in [0.25, 0.3) is 0 Å². The topological polar surface area (TPSA) is 110 Å². The van der Waals surface area contributed by atoms with Gasteiger partial charge < -0.3 is 30.8 Å². The number of pyridine rings is 1. The van der Waals surface area contributed by atoms with Crippen molar-refractivity contribution in [2.45, 2.75) is 32.5 Å². The number of rotatable bonds is 5. The Morgan fingerprint density at radius 1 is 1.27 bits per heavy atom. The van der Waals surface area contributed by atoms with Crippen molar-refractivity contribution in [3.05, 3.63) is 89.2 Å². The SMILES string of the molecule is COc1nc(/C(N)=C/C(C)=C2/NC(c3ccc(F)cc3)C(C)(O)N2)ccc1-n1cnc(C)c1. The Labute approximate surface area is 191 Å². The van der Waals surface area contributed by atoms with Crippen LogP contribution in [-0.2, 0) is 0 Å². The van der Waals surface area contributed by atoms with Gasteiger partial charge in [-0.3, -0.25) is 0 Å².